The Morgan fingerprint density at radius 3 is 2.39 bits per heavy atom. The molecule has 2 N–H and O–H groups in total. The molecule has 2 rings (SSSR count). The molecule has 1 amide bonds. The maximum atomic E-state index is 12.2. The molecule has 1 unspecified atom stereocenters. The Morgan fingerprint density at radius 1 is 1.28 bits per heavy atom. The molecule has 0 radical (unpaired) electrons. The quantitative estimate of drug-likeness (QED) is 0.818. The molecule has 1 saturated heterocycles. The van der Waals surface area contributed by atoms with Gasteiger partial charge in [-0.25, -0.2) is 0 Å². The van der Waals surface area contributed by atoms with Crippen molar-refractivity contribution in [2.45, 2.75) is 13.3 Å². The second-order valence-corrected chi connectivity index (χ2v) is 4.78. The summed E-state index contributed by atoms with van der Waals surface area (Å²) in [7, 11) is 0. The lowest BCUT2D eigenvalue weighted by molar-refractivity contribution is 0.0787. The molecule has 4 nitrogen and oxygen atoms in total. The molecule has 1 aromatic carbocycles. The van der Waals surface area contributed by atoms with Gasteiger partial charge >= 0.3 is 0 Å². The summed E-state index contributed by atoms with van der Waals surface area (Å²) in [6.45, 7) is 3.66. The third kappa shape index (κ3) is 2.59. The highest BCUT2D eigenvalue weighted by atomic mass is 16.2. The molecule has 0 spiro atoms. The molecule has 1 fully saturated rings. The largest absolute Gasteiger partial charge is 0.338 e. The zero-order valence-corrected chi connectivity index (χ0v) is 10.6. The lowest BCUT2D eigenvalue weighted by Gasteiger charge is -2.16. The summed E-state index contributed by atoms with van der Waals surface area (Å²) >= 11 is 0. The van der Waals surface area contributed by atoms with Crippen molar-refractivity contribution >= 4 is 11.7 Å². The molecule has 0 aromatic heterocycles. The van der Waals surface area contributed by atoms with Crippen molar-refractivity contribution in [2.24, 2.45) is 11.7 Å². The van der Waals surface area contributed by atoms with E-state index in [1.165, 1.54) is 6.92 Å². The van der Waals surface area contributed by atoms with E-state index in [-0.39, 0.29) is 11.7 Å². The normalized spacial score (nSPS) is 19.0. The lowest BCUT2D eigenvalue weighted by atomic mass is 10.1. The fourth-order valence-electron chi connectivity index (χ4n) is 2.24. The molecule has 1 aliphatic heterocycles. The first-order valence-corrected chi connectivity index (χ1v) is 6.22. The highest BCUT2D eigenvalue weighted by Crippen LogP contribution is 2.18. The Bertz CT molecular complexity index is 453. The van der Waals surface area contributed by atoms with Crippen molar-refractivity contribution < 1.29 is 9.59 Å². The van der Waals surface area contributed by atoms with Crippen LogP contribution < -0.4 is 5.73 Å². The predicted molar refractivity (Wildman–Crippen MR) is 69.5 cm³/mol. The van der Waals surface area contributed by atoms with Crippen LogP contribution in [0.15, 0.2) is 24.3 Å². The monoisotopic (exact) mass is 246 g/mol. The van der Waals surface area contributed by atoms with Crippen LogP contribution in [0.4, 0.5) is 0 Å². The van der Waals surface area contributed by atoms with Crippen LogP contribution in [0.5, 0.6) is 0 Å². The molecule has 1 aromatic rings. The Balaban J connectivity index is 2.07. The van der Waals surface area contributed by atoms with Gasteiger partial charge in [-0.2, -0.15) is 0 Å². The average molecular weight is 246 g/mol. The van der Waals surface area contributed by atoms with E-state index in [1.54, 1.807) is 24.3 Å². The summed E-state index contributed by atoms with van der Waals surface area (Å²) < 4.78 is 0. The van der Waals surface area contributed by atoms with Gasteiger partial charge in [0.15, 0.2) is 5.78 Å². The van der Waals surface area contributed by atoms with Crippen LogP contribution in [-0.2, 0) is 0 Å². The highest BCUT2D eigenvalue weighted by Gasteiger charge is 2.25. The molecule has 4 heteroatoms. The number of amides is 1. The molecule has 1 heterocycles. The second kappa shape index (κ2) is 5.31. The first kappa shape index (κ1) is 12.8. The zero-order valence-electron chi connectivity index (χ0n) is 10.6. The molecule has 18 heavy (non-hydrogen) atoms. The van der Waals surface area contributed by atoms with Gasteiger partial charge in [-0.05, 0) is 37.9 Å². The van der Waals surface area contributed by atoms with E-state index < -0.39 is 0 Å². The summed E-state index contributed by atoms with van der Waals surface area (Å²) in [5.74, 6) is 0.463. The first-order valence-electron chi connectivity index (χ1n) is 6.22. The van der Waals surface area contributed by atoms with Crippen LogP contribution in [0, 0.1) is 5.92 Å². The number of hydrogen-bond acceptors (Lipinski definition) is 3. The van der Waals surface area contributed by atoms with Gasteiger partial charge in [0.1, 0.15) is 0 Å². The van der Waals surface area contributed by atoms with E-state index in [1.807, 2.05) is 4.90 Å². The number of nitrogens with two attached hydrogens (primary N) is 1. The van der Waals surface area contributed by atoms with Crippen LogP contribution >= 0.6 is 0 Å². The third-order valence-corrected chi connectivity index (χ3v) is 3.44. The SMILES string of the molecule is CC(=O)c1ccc(C(=O)N2CCC(CN)C2)cc1. The number of nitrogens with zero attached hydrogens (tertiary/aromatic N) is 1. The molecule has 0 bridgehead atoms. The van der Waals surface area contributed by atoms with Crippen molar-refractivity contribution in [3.8, 4) is 0 Å². The molecule has 1 atom stereocenters. The topological polar surface area (TPSA) is 63.4 Å². The number of hydrogen-bond donors (Lipinski definition) is 1. The van der Waals surface area contributed by atoms with Crippen LogP contribution in [-0.4, -0.2) is 36.2 Å². The fourth-order valence-corrected chi connectivity index (χ4v) is 2.24. The van der Waals surface area contributed by atoms with E-state index >= 15 is 0 Å². The van der Waals surface area contributed by atoms with Crippen LogP contribution in [0.1, 0.15) is 34.1 Å². The van der Waals surface area contributed by atoms with Gasteiger partial charge in [0.05, 0.1) is 0 Å². The average Bonchev–Trinajstić information content (AvgIpc) is 2.86. The van der Waals surface area contributed by atoms with E-state index in [2.05, 4.69) is 0 Å². The second-order valence-electron chi connectivity index (χ2n) is 4.78. The van der Waals surface area contributed by atoms with Crippen molar-refractivity contribution in [2.75, 3.05) is 19.6 Å². The number of carbonyl (C=O) groups is 2. The molecule has 0 aliphatic carbocycles. The fraction of sp³-hybridized carbons (Fsp3) is 0.429. The van der Waals surface area contributed by atoms with Crippen molar-refractivity contribution in [3.05, 3.63) is 35.4 Å². The Labute approximate surface area is 107 Å². The van der Waals surface area contributed by atoms with E-state index in [0.717, 1.165) is 19.5 Å². The molecule has 0 saturated carbocycles. The number of rotatable bonds is 3. The Morgan fingerprint density at radius 2 is 1.89 bits per heavy atom. The van der Waals surface area contributed by atoms with Gasteiger partial charge in [-0.1, -0.05) is 12.1 Å². The minimum Gasteiger partial charge on any atom is -0.338 e. The summed E-state index contributed by atoms with van der Waals surface area (Å²) in [5, 5.41) is 0. The first-order chi connectivity index (χ1) is 8.61. The maximum Gasteiger partial charge on any atom is 0.253 e. The summed E-state index contributed by atoms with van der Waals surface area (Å²) in [4.78, 5) is 25.2. The number of benzene rings is 1. The van der Waals surface area contributed by atoms with Gasteiger partial charge in [-0.3, -0.25) is 9.59 Å². The van der Waals surface area contributed by atoms with Crippen molar-refractivity contribution in [1.29, 1.82) is 0 Å². The number of ketones is 1. The molecule has 1 aliphatic rings. The maximum absolute atomic E-state index is 12.2. The van der Waals surface area contributed by atoms with Gasteiger partial charge in [0, 0.05) is 24.2 Å². The number of Topliss-reactive ketones (excluding diaryl/α,β-unsaturated/α-hetero) is 1. The van der Waals surface area contributed by atoms with Gasteiger partial charge in [-0.15, -0.1) is 0 Å². The van der Waals surface area contributed by atoms with Gasteiger partial charge in [0.25, 0.3) is 5.91 Å². The summed E-state index contributed by atoms with van der Waals surface area (Å²) in [6.07, 6.45) is 0.980. The van der Waals surface area contributed by atoms with Crippen molar-refractivity contribution in [3.63, 3.8) is 0 Å². The van der Waals surface area contributed by atoms with Crippen LogP contribution in [0.25, 0.3) is 0 Å². The standard InChI is InChI=1S/C14H18N2O2/c1-10(17)12-2-4-13(5-3-12)14(18)16-7-6-11(8-15)9-16/h2-5,11H,6-9,15H2,1H3. The molecule has 96 valence electrons. The number of carbonyl (C=O) groups excluding carboxylic acids is 2. The minimum atomic E-state index is 0.0124. The van der Waals surface area contributed by atoms with E-state index in [0.29, 0.717) is 23.6 Å². The highest BCUT2D eigenvalue weighted by molar-refractivity contribution is 5.97. The van der Waals surface area contributed by atoms with E-state index in [9.17, 15) is 9.59 Å². The van der Waals surface area contributed by atoms with Crippen LogP contribution in [0.2, 0.25) is 0 Å². The van der Waals surface area contributed by atoms with Crippen molar-refractivity contribution in [1.82, 2.24) is 4.90 Å². The predicted octanol–water partition coefficient (Wildman–Crippen LogP) is 1.31. The minimum absolute atomic E-state index is 0.0124. The summed E-state index contributed by atoms with van der Waals surface area (Å²) in [6, 6.07) is 6.84. The summed E-state index contributed by atoms with van der Waals surface area (Å²) in [5.41, 5.74) is 6.88. The van der Waals surface area contributed by atoms with E-state index in [4.69, 9.17) is 5.73 Å². The number of likely N-dealkylation sites (tertiary alicyclic amines) is 1. The molecular weight excluding hydrogens is 228 g/mol. The van der Waals surface area contributed by atoms with Gasteiger partial charge in [0.2, 0.25) is 0 Å². The third-order valence-electron chi connectivity index (χ3n) is 3.44. The van der Waals surface area contributed by atoms with Crippen LogP contribution in [0.3, 0.4) is 0 Å². The molecular formula is C14H18N2O2. The Hall–Kier alpha value is -1.68. The zero-order chi connectivity index (χ0) is 13.1. The smallest absolute Gasteiger partial charge is 0.253 e. The Kier molecular flexibility index (Phi) is 3.77. The lowest BCUT2D eigenvalue weighted by Crippen LogP contribution is -2.29. The van der Waals surface area contributed by atoms with Gasteiger partial charge < -0.3 is 10.6 Å².